The standard InChI is InChI=1S/C15H22F3O5PS/c1-5-12-8-7-9-13(15(16,17)18)14(12)25(20,21)22-10-24(19,6-2)23-11(3)4/h7-9,11H,5-6,10H2,1-4H3. The van der Waals surface area contributed by atoms with E-state index in [1.807, 2.05) is 0 Å². The Morgan fingerprint density at radius 3 is 2.24 bits per heavy atom. The van der Waals surface area contributed by atoms with Crippen LogP contribution in [0, 0.1) is 0 Å². The molecule has 1 unspecified atom stereocenters. The Kier molecular flexibility index (Phi) is 7.27. The van der Waals surface area contributed by atoms with Crippen molar-refractivity contribution in [1.82, 2.24) is 0 Å². The van der Waals surface area contributed by atoms with Crippen molar-refractivity contribution in [3.8, 4) is 0 Å². The Morgan fingerprint density at radius 2 is 1.80 bits per heavy atom. The minimum atomic E-state index is -4.86. The molecular weight excluding hydrogens is 380 g/mol. The van der Waals surface area contributed by atoms with Gasteiger partial charge in [0.15, 0.2) is 0 Å². The van der Waals surface area contributed by atoms with Crippen molar-refractivity contribution in [3.05, 3.63) is 29.3 Å². The van der Waals surface area contributed by atoms with E-state index in [-0.39, 0.29) is 18.1 Å². The van der Waals surface area contributed by atoms with Crippen LogP contribution in [0.4, 0.5) is 13.2 Å². The first-order valence-electron chi connectivity index (χ1n) is 7.71. The number of benzene rings is 1. The van der Waals surface area contributed by atoms with Crippen molar-refractivity contribution < 1.29 is 34.9 Å². The number of alkyl halides is 3. The molecule has 0 heterocycles. The summed E-state index contributed by atoms with van der Waals surface area (Å²) in [6.07, 6.45) is -6.04. The molecule has 10 heteroatoms. The molecule has 0 amide bonds. The Morgan fingerprint density at radius 1 is 1.20 bits per heavy atom. The van der Waals surface area contributed by atoms with Gasteiger partial charge in [0.1, 0.15) is 11.2 Å². The lowest BCUT2D eigenvalue weighted by Crippen LogP contribution is -2.18. The fourth-order valence-electron chi connectivity index (χ4n) is 2.17. The van der Waals surface area contributed by atoms with E-state index in [1.165, 1.54) is 19.9 Å². The number of hydrogen-bond acceptors (Lipinski definition) is 5. The van der Waals surface area contributed by atoms with Gasteiger partial charge in [-0.15, -0.1) is 0 Å². The molecule has 0 N–H and O–H groups in total. The van der Waals surface area contributed by atoms with Crippen LogP contribution in [0.2, 0.25) is 0 Å². The first-order chi connectivity index (χ1) is 11.4. The van der Waals surface area contributed by atoms with Crippen molar-refractivity contribution in [2.24, 2.45) is 0 Å². The zero-order chi connectivity index (χ0) is 19.5. The Bertz CT molecular complexity index is 744. The molecule has 0 aliphatic carbocycles. The van der Waals surface area contributed by atoms with Gasteiger partial charge in [0.2, 0.25) is 7.37 Å². The van der Waals surface area contributed by atoms with E-state index in [0.717, 1.165) is 6.07 Å². The molecule has 0 aromatic heterocycles. The molecule has 0 aliphatic rings. The third-order valence-electron chi connectivity index (χ3n) is 3.32. The monoisotopic (exact) mass is 402 g/mol. The van der Waals surface area contributed by atoms with Gasteiger partial charge in [0.05, 0.1) is 11.7 Å². The maximum absolute atomic E-state index is 13.2. The van der Waals surface area contributed by atoms with E-state index in [4.69, 9.17) is 8.71 Å². The summed E-state index contributed by atoms with van der Waals surface area (Å²) in [5, 5.41) is 0. The van der Waals surface area contributed by atoms with Gasteiger partial charge in [0.25, 0.3) is 10.1 Å². The average Bonchev–Trinajstić information content (AvgIpc) is 2.51. The van der Waals surface area contributed by atoms with Crippen LogP contribution < -0.4 is 0 Å². The molecule has 0 saturated carbocycles. The van der Waals surface area contributed by atoms with Gasteiger partial charge in [-0.3, -0.25) is 8.75 Å². The van der Waals surface area contributed by atoms with E-state index >= 15 is 0 Å². The van der Waals surface area contributed by atoms with Gasteiger partial charge in [0, 0.05) is 6.16 Å². The highest BCUT2D eigenvalue weighted by Gasteiger charge is 2.39. The molecular formula is C15H22F3O5PS. The third kappa shape index (κ3) is 5.81. The van der Waals surface area contributed by atoms with E-state index in [9.17, 15) is 26.2 Å². The van der Waals surface area contributed by atoms with Gasteiger partial charge in [-0.1, -0.05) is 26.0 Å². The second kappa shape index (κ2) is 8.20. The van der Waals surface area contributed by atoms with E-state index in [2.05, 4.69) is 0 Å². The van der Waals surface area contributed by atoms with Crippen LogP contribution in [0.3, 0.4) is 0 Å². The van der Waals surface area contributed by atoms with Gasteiger partial charge >= 0.3 is 6.18 Å². The molecule has 0 saturated heterocycles. The van der Waals surface area contributed by atoms with Gasteiger partial charge < -0.3 is 4.52 Å². The lowest BCUT2D eigenvalue weighted by atomic mass is 10.1. The van der Waals surface area contributed by atoms with Gasteiger partial charge in [-0.25, -0.2) is 0 Å². The zero-order valence-corrected chi connectivity index (χ0v) is 16.2. The highest BCUT2D eigenvalue weighted by atomic mass is 32.2. The molecule has 1 aromatic carbocycles. The highest BCUT2D eigenvalue weighted by molar-refractivity contribution is 7.87. The smallest absolute Gasteiger partial charge is 0.324 e. The molecule has 1 aromatic rings. The van der Waals surface area contributed by atoms with E-state index in [0.29, 0.717) is 6.07 Å². The average molecular weight is 402 g/mol. The normalized spacial score (nSPS) is 15.4. The molecule has 25 heavy (non-hydrogen) atoms. The van der Waals surface area contributed by atoms with Crippen LogP contribution in [0.25, 0.3) is 0 Å². The van der Waals surface area contributed by atoms with Gasteiger partial charge in [-0.05, 0) is 31.9 Å². The zero-order valence-electron chi connectivity index (χ0n) is 14.5. The molecule has 0 radical (unpaired) electrons. The molecule has 0 spiro atoms. The molecule has 1 rings (SSSR count). The first-order valence-corrected chi connectivity index (χ1v) is 11.1. The SMILES string of the molecule is CCc1cccc(C(F)(F)F)c1S(=O)(=O)OCP(=O)(CC)OC(C)C. The quantitative estimate of drug-likeness (QED) is 0.468. The molecule has 0 fully saturated rings. The Labute approximate surface area is 146 Å². The van der Waals surface area contributed by atoms with Crippen molar-refractivity contribution in [1.29, 1.82) is 0 Å². The van der Waals surface area contributed by atoms with Crippen molar-refractivity contribution in [2.45, 2.75) is 51.3 Å². The molecule has 5 nitrogen and oxygen atoms in total. The van der Waals surface area contributed by atoms with Crippen LogP contribution in [0.5, 0.6) is 0 Å². The maximum atomic E-state index is 13.2. The second-order valence-electron chi connectivity index (χ2n) is 5.63. The van der Waals surface area contributed by atoms with Crippen LogP contribution in [-0.2, 0) is 36.0 Å². The summed E-state index contributed by atoms with van der Waals surface area (Å²) in [6.45, 7) is 6.30. The number of aryl methyl sites for hydroxylation is 1. The van der Waals surface area contributed by atoms with Crippen LogP contribution >= 0.6 is 7.37 Å². The summed E-state index contributed by atoms with van der Waals surface area (Å²) in [4.78, 5) is -0.933. The molecule has 0 aliphatic heterocycles. The minimum absolute atomic E-state index is 0.00223. The van der Waals surface area contributed by atoms with E-state index < -0.39 is 46.6 Å². The summed E-state index contributed by atoms with van der Waals surface area (Å²) < 4.78 is 86.9. The predicted octanol–water partition coefficient (Wildman–Crippen LogP) is 4.65. The lowest BCUT2D eigenvalue weighted by Gasteiger charge is -2.21. The number of halogens is 3. The summed E-state index contributed by atoms with van der Waals surface area (Å²) in [6, 6.07) is 3.11. The summed E-state index contributed by atoms with van der Waals surface area (Å²) >= 11 is 0. The van der Waals surface area contributed by atoms with Crippen LogP contribution in [-0.4, -0.2) is 27.0 Å². The fourth-order valence-corrected chi connectivity index (χ4v) is 5.63. The third-order valence-corrected chi connectivity index (χ3v) is 7.20. The van der Waals surface area contributed by atoms with Crippen LogP contribution in [0.1, 0.15) is 38.8 Å². The minimum Gasteiger partial charge on any atom is -0.324 e. The van der Waals surface area contributed by atoms with Gasteiger partial charge in [-0.2, -0.15) is 21.6 Å². The number of rotatable bonds is 8. The maximum Gasteiger partial charge on any atom is 0.417 e. The van der Waals surface area contributed by atoms with Crippen LogP contribution in [0.15, 0.2) is 23.1 Å². The molecule has 1 atom stereocenters. The molecule has 144 valence electrons. The predicted molar refractivity (Wildman–Crippen MR) is 88.3 cm³/mol. The Balaban J connectivity index is 3.29. The summed E-state index contributed by atoms with van der Waals surface area (Å²) in [5.74, 6) is 0. The summed E-state index contributed by atoms with van der Waals surface area (Å²) in [7, 11) is -8.20. The highest BCUT2D eigenvalue weighted by Crippen LogP contribution is 2.48. The first kappa shape index (κ1) is 22.2. The second-order valence-corrected chi connectivity index (χ2v) is 9.91. The van der Waals surface area contributed by atoms with Crippen molar-refractivity contribution >= 4 is 17.5 Å². The van der Waals surface area contributed by atoms with E-state index in [1.54, 1.807) is 13.8 Å². The van der Waals surface area contributed by atoms with Crippen molar-refractivity contribution in [2.75, 3.05) is 12.5 Å². The summed E-state index contributed by atoms with van der Waals surface area (Å²) in [5.41, 5.74) is -1.33. The number of hydrogen-bond donors (Lipinski definition) is 0. The topological polar surface area (TPSA) is 69.7 Å². The molecule has 0 bridgehead atoms. The van der Waals surface area contributed by atoms with Crippen molar-refractivity contribution in [3.63, 3.8) is 0 Å². The lowest BCUT2D eigenvalue weighted by molar-refractivity contribution is -0.140. The largest absolute Gasteiger partial charge is 0.417 e. The fraction of sp³-hybridized carbons (Fsp3) is 0.600. The Hall–Kier alpha value is -0.890.